The Hall–Kier alpha value is -2.00. The first-order chi connectivity index (χ1) is 11.2. The van der Waals surface area contributed by atoms with Gasteiger partial charge in [0.1, 0.15) is 5.82 Å². The van der Waals surface area contributed by atoms with Crippen LogP contribution in [0.25, 0.3) is 0 Å². The van der Waals surface area contributed by atoms with Crippen molar-refractivity contribution in [3.63, 3.8) is 0 Å². The second kappa shape index (κ2) is 7.71. The number of carbonyl (C=O) groups is 2. The minimum absolute atomic E-state index is 0.0708. The zero-order valence-corrected chi connectivity index (χ0v) is 14.1. The van der Waals surface area contributed by atoms with E-state index in [1.165, 1.54) is 12.1 Å². The van der Waals surface area contributed by atoms with E-state index in [-0.39, 0.29) is 30.7 Å². The fourth-order valence-electron chi connectivity index (χ4n) is 2.48. The molecular weight excluding hydrogens is 337 g/mol. The molecule has 1 fully saturated rings. The van der Waals surface area contributed by atoms with Crippen molar-refractivity contribution in [2.75, 3.05) is 25.9 Å². The standard InChI is InChI=1S/C15H20FN3O4S/c1-24(22,23)17-9-14(20)18-13-8-15(21)19(10-13)7-6-11-2-4-12(16)5-3-11/h2-5,13,17H,6-10H2,1H3,(H,18,20). The molecule has 0 aliphatic carbocycles. The predicted molar refractivity (Wildman–Crippen MR) is 86.1 cm³/mol. The van der Waals surface area contributed by atoms with Gasteiger partial charge in [-0.15, -0.1) is 0 Å². The van der Waals surface area contributed by atoms with Crippen LogP contribution in [0.2, 0.25) is 0 Å². The number of nitrogens with one attached hydrogen (secondary N) is 2. The molecule has 1 unspecified atom stereocenters. The van der Waals surface area contributed by atoms with Gasteiger partial charge in [-0.2, -0.15) is 0 Å². The molecule has 2 N–H and O–H groups in total. The quantitative estimate of drug-likeness (QED) is 0.696. The lowest BCUT2D eigenvalue weighted by molar-refractivity contribution is -0.127. The van der Waals surface area contributed by atoms with Crippen LogP contribution in [0, 0.1) is 5.82 Å². The van der Waals surface area contributed by atoms with Crippen molar-refractivity contribution in [3.8, 4) is 0 Å². The van der Waals surface area contributed by atoms with E-state index in [1.54, 1.807) is 17.0 Å². The molecule has 9 heteroatoms. The fraction of sp³-hybridized carbons (Fsp3) is 0.467. The monoisotopic (exact) mass is 357 g/mol. The molecule has 0 saturated carbocycles. The normalized spacial score (nSPS) is 18.0. The Kier molecular flexibility index (Phi) is 5.89. The predicted octanol–water partition coefficient (Wildman–Crippen LogP) is -0.365. The van der Waals surface area contributed by atoms with Crippen molar-refractivity contribution in [2.45, 2.75) is 18.9 Å². The van der Waals surface area contributed by atoms with Crippen LogP contribution in [0.1, 0.15) is 12.0 Å². The zero-order chi connectivity index (χ0) is 17.7. The third-order valence-corrected chi connectivity index (χ3v) is 4.33. The Morgan fingerprint density at radius 2 is 2.00 bits per heavy atom. The first-order valence-electron chi connectivity index (χ1n) is 7.49. The lowest BCUT2D eigenvalue weighted by Gasteiger charge is -2.17. The molecule has 1 aromatic rings. The van der Waals surface area contributed by atoms with E-state index >= 15 is 0 Å². The van der Waals surface area contributed by atoms with Gasteiger partial charge in [0.05, 0.1) is 18.8 Å². The van der Waals surface area contributed by atoms with E-state index in [4.69, 9.17) is 0 Å². The molecule has 24 heavy (non-hydrogen) atoms. The number of sulfonamides is 1. The van der Waals surface area contributed by atoms with Gasteiger partial charge in [0.25, 0.3) is 0 Å². The average Bonchev–Trinajstić information content (AvgIpc) is 2.84. The molecule has 132 valence electrons. The molecule has 0 bridgehead atoms. The first kappa shape index (κ1) is 18.3. The Morgan fingerprint density at radius 3 is 2.62 bits per heavy atom. The van der Waals surface area contributed by atoms with E-state index in [1.807, 2.05) is 0 Å². The van der Waals surface area contributed by atoms with Crippen LogP contribution in [-0.4, -0.2) is 57.1 Å². The maximum atomic E-state index is 12.9. The van der Waals surface area contributed by atoms with Gasteiger partial charge in [0, 0.05) is 19.5 Å². The van der Waals surface area contributed by atoms with Gasteiger partial charge in [-0.25, -0.2) is 17.5 Å². The van der Waals surface area contributed by atoms with Crippen LogP contribution < -0.4 is 10.0 Å². The van der Waals surface area contributed by atoms with Crippen molar-refractivity contribution >= 4 is 21.8 Å². The molecule has 0 spiro atoms. The SMILES string of the molecule is CS(=O)(=O)NCC(=O)NC1CC(=O)N(CCc2ccc(F)cc2)C1. The summed E-state index contributed by atoms with van der Waals surface area (Å²) >= 11 is 0. The van der Waals surface area contributed by atoms with Crippen molar-refractivity contribution in [1.29, 1.82) is 0 Å². The smallest absolute Gasteiger partial charge is 0.235 e. The number of hydrogen-bond acceptors (Lipinski definition) is 4. The van der Waals surface area contributed by atoms with Gasteiger partial charge in [-0.3, -0.25) is 9.59 Å². The van der Waals surface area contributed by atoms with Crippen LogP contribution in [0.15, 0.2) is 24.3 Å². The maximum Gasteiger partial charge on any atom is 0.235 e. The van der Waals surface area contributed by atoms with E-state index in [2.05, 4.69) is 10.0 Å². The van der Waals surface area contributed by atoms with Gasteiger partial charge in [-0.1, -0.05) is 12.1 Å². The summed E-state index contributed by atoms with van der Waals surface area (Å²) in [5, 5.41) is 2.64. The molecule has 7 nitrogen and oxygen atoms in total. The summed E-state index contributed by atoms with van der Waals surface area (Å²) in [6.07, 6.45) is 1.76. The summed E-state index contributed by atoms with van der Waals surface area (Å²) in [5.41, 5.74) is 0.925. The van der Waals surface area contributed by atoms with Gasteiger partial charge in [0.15, 0.2) is 0 Å². The molecule has 0 aromatic heterocycles. The number of rotatable bonds is 7. The molecule has 0 radical (unpaired) electrons. The summed E-state index contributed by atoms with van der Waals surface area (Å²) in [6, 6.07) is 5.76. The number of halogens is 1. The molecule has 1 aliphatic heterocycles. The molecule has 1 heterocycles. The van der Waals surface area contributed by atoms with Crippen molar-refractivity contribution in [3.05, 3.63) is 35.6 Å². The summed E-state index contributed by atoms with van der Waals surface area (Å²) in [7, 11) is -3.43. The van der Waals surface area contributed by atoms with E-state index in [0.29, 0.717) is 19.5 Å². The van der Waals surface area contributed by atoms with Crippen molar-refractivity contribution < 1.29 is 22.4 Å². The highest BCUT2D eigenvalue weighted by Crippen LogP contribution is 2.12. The Labute approximate surface area is 140 Å². The van der Waals surface area contributed by atoms with Crippen molar-refractivity contribution in [1.82, 2.24) is 14.9 Å². The van der Waals surface area contributed by atoms with Crippen LogP contribution in [0.4, 0.5) is 4.39 Å². The summed E-state index contributed by atoms with van der Waals surface area (Å²) in [5.74, 6) is -0.849. The second-order valence-electron chi connectivity index (χ2n) is 5.78. The van der Waals surface area contributed by atoms with Gasteiger partial charge < -0.3 is 10.2 Å². The third-order valence-electron chi connectivity index (χ3n) is 3.66. The number of likely N-dealkylation sites (tertiary alicyclic amines) is 1. The molecule has 1 aromatic carbocycles. The molecule has 1 atom stereocenters. The largest absolute Gasteiger partial charge is 0.350 e. The van der Waals surface area contributed by atoms with Crippen LogP contribution >= 0.6 is 0 Å². The van der Waals surface area contributed by atoms with Gasteiger partial charge >= 0.3 is 0 Å². The topological polar surface area (TPSA) is 95.6 Å². The molecule has 1 aliphatic rings. The summed E-state index contributed by atoms with van der Waals surface area (Å²) in [6.45, 7) is 0.516. The second-order valence-corrected chi connectivity index (χ2v) is 7.61. The first-order valence-corrected chi connectivity index (χ1v) is 9.38. The highest BCUT2D eigenvalue weighted by Gasteiger charge is 2.30. The molecule has 2 amide bonds. The van der Waals surface area contributed by atoms with Gasteiger partial charge in [-0.05, 0) is 24.1 Å². The number of amides is 2. The van der Waals surface area contributed by atoms with Crippen LogP contribution in [0.5, 0.6) is 0 Å². The Morgan fingerprint density at radius 1 is 1.33 bits per heavy atom. The summed E-state index contributed by atoms with van der Waals surface area (Å²) in [4.78, 5) is 25.3. The number of nitrogens with zero attached hydrogens (tertiary/aromatic N) is 1. The zero-order valence-electron chi connectivity index (χ0n) is 13.3. The number of hydrogen-bond donors (Lipinski definition) is 2. The average molecular weight is 357 g/mol. The van der Waals surface area contributed by atoms with Crippen LogP contribution in [-0.2, 0) is 26.0 Å². The maximum absolute atomic E-state index is 12.9. The highest BCUT2D eigenvalue weighted by atomic mass is 32.2. The van der Waals surface area contributed by atoms with E-state index < -0.39 is 15.9 Å². The van der Waals surface area contributed by atoms with Crippen molar-refractivity contribution in [2.24, 2.45) is 0 Å². The molecular formula is C15H20FN3O4S. The lowest BCUT2D eigenvalue weighted by Crippen LogP contribution is -2.43. The minimum Gasteiger partial charge on any atom is -0.350 e. The van der Waals surface area contributed by atoms with E-state index in [9.17, 15) is 22.4 Å². The minimum atomic E-state index is -3.43. The molecule has 1 saturated heterocycles. The van der Waals surface area contributed by atoms with E-state index in [0.717, 1.165) is 11.8 Å². The Balaban J connectivity index is 1.78. The lowest BCUT2D eigenvalue weighted by atomic mass is 10.1. The number of benzene rings is 1. The summed E-state index contributed by atoms with van der Waals surface area (Å²) < 4.78 is 36.8. The third kappa shape index (κ3) is 5.89. The van der Waals surface area contributed by atoms with Gasteiger partial charge in [0.2, 0.25) is 21.8 Å². The molecule has 2 rings (SSSR count). The van der Waals surface area contributed by atoms with Crippen LogP contribution in [0.3, 0.4) is 0 Å². The fourth-order valence-corrected chi connectivity index (χ4v) is 2.87. The Bertz CT molecular complexity index is 706. The number of carbonyl (C=O) groups excluding carboxylic acids is 2. The highest BCUT2D eigenvalue weighted by molar-refractivity contribution is 7.88.